The maximum atomic E-state index is 5.96. The predicted molar refractivity (Wildman–Crippen MR) is 61.2 cm³/mol. The topological polar surface area (TPSA) is 26.0 Å². The van der Waals surface area contributed by atoms with Crippen molar-refractivity contribution in [1.82, 2.24) is 0 Å². The molecule has 0 spiro atoms. The molecule has 0 saturated carbocycles. The molecule has 0 fully saturated rings. The van der Waals surface area contributed by atoms with Crippen LogP contribution < -0.4 is 5.73 Å². The minimum absolute atomic E-state index is 0.231. The molecule has 13 heavy (non-hydrogen) atoms. The molecule has 0 aliphatic carbocycles. The van der Waals surface area contributed by atoms with Gasteiger partial charge in [0.1, 0.15) is 0 Å². The second kappa shape index (κ2) is 5.30. The standard InChI is InChI=1S/C11H17NS/c1-9(13)7-11(12)8-10-5-3-2-4-6-10/h2-6,9,11,13H,7-8,12H2,1H3/t9?,11-/m1/s1. The van der Waals surface area contributed by atoms with Crippen molar-refractivity contribution >= 4 is 12.6 Å². The molecule has 0 aliphatic rings. The summed E-state index contributed by atoms with van der Waals surface area (Å²) in [4.78, 5) is 0. The Kier molecular flexibility index (Phi) is 4.33. The van der Waals surface area contributed by atoms with E-state index in [1.807, 2.05) is 18.2 Å². The second-order valence-electron chi connectivity index (χ2n) is 3.53. The van der Waals surface area contributed by atoms with Gasteiger partial charge in [0.15, 0.2) is 0 Å². The van der Waals surface area contributed by atoms with Gasteiger partial charge in [-0.2, -0.15) is 12.6 Å². The van der Waals surface area contributed by atoms with Gasteiger partial charge in [-0.3, -0.25) is 0 Å². The Labute approximate surface area is 85.8 Å². The summed E-state index contributed by atoms with van der Waals surface area (Å²) in [6, 6.07) is 10.6. The molecule has 1 aromatic rings. The van der Waals surface area contributed by atoms with Crippen LogP contribution in [0, 0.1) is 0 Å². The predicted octanol–water partition coefficient (Wildman–Crippen LogP) is 2.26. The molecule has 0 bridgehead atoms. The van der Waals surface area contributed by atoms with Crippen molar-refractivity contribution in [2.24, 2.45) is 5.73 Å². The van der Waals surface area contributed by atoms with Crippen LogP contribution in [-0.4, -0.2) is 11.3 Å². The van der Waals surface area contributed by atoms with Crippen LogP contribution in [0.1, 0.15) is 18.9 Å². The Morgan fingerprint density at radius 2 is 1.92 bits per heavy atom. The van der Waals surface area contributed by atoms with E-state index in [0.29, 0.717) is 5.25 Å². The van der Waals surface area contributed by atoms with E-state index in [0.717, 1.165) is 12.8 Å². The molecule has 0 heterocycles. The minimum atomic E-state index is 0.231. The molecule has 2 heteroatoms. The summed E-state index contributed by atoms with van der Waals surface area (Å²) < 4.78 is 0. The molecule has 0 radical (unpaired) electrons. The molecule has 0 aromatic heterocycles. The summed E-state index contributed by atoms with van der Waals surface area (Å²) in [6.45, 7) is 2.08. The highest BCUT2D eigenvalue weighted by Crippen LogP contribution is 2.08. The molecular weight excluding hydrogens is 178 g/mol. The van der Waals surface area contributed by atoms with Crippen molar-refractivity contribution in [2.45, 2.75) is 31.1 Å². The van der Waals surface area contributed by atoms with E-state index in [1.54, 1.807) is 0 Å². The SMILES string of the molecule is CC(S)C[C@@H](N)Cc1ccccc1. The molecular formula is C11H17NS. The van der Waals surface area contributed by atoms with E-state index in [2.05, 4.69) is 31.7 Å². The summed E-state index contributed by atoms with van der Waals surface area (Å²) >= 11 is 4.32. The van der Waals surface area contributed by atoms with E-state index in [-0.39, 0.29) is 6.04 Å². The first-order valence-electron chi connectivity index (χ1n) is 4.66. The van der Waals surface area contributed by atoms with Crippen molar-refractivity contribution < 1.29 is 0 Å². The number of nitrogens with two attached hydrogens (primary N) is 1. The summed E-state index contributed by atoms with van der Waals surface area (Å²) in [5.74, 6) is 0. The van der Waals surface area contributed by atoms with Crippen molar-refractivity contribution in [3.05, 3.63) is 35.9 Å². The first-order chi connectivity index (χ1) is 6.18. The van der Waals surface area contributed by atoms with Crippen LogP contribution in [0.2, 0.25) is 0 Å². The van der Waals surface area contributed by atoms with Gasteiger partial charge in [0, 0.05) is 11.3 Å². The Balaban J connectivity index is 2.41. The molecule has 0 aliphatic heterocycles. The highest BCUT2D eigenvalue weighted by atomic mass is 32.1. The number of hydrogen-bond donors (Lipinski definition) is 2. The van der Waals surface area contributed by atoms with E-state index in [1.165, 1.54) is 5.56 Å². The van der Waals surface area contributed by atoms with Crippen molar-refractivity contribution in [3.8, 4) is 0 Å². The molecule has 0 saturated heterocycles. The first kappa shape index (κ1) is 10.6. The Morgan fingerprint density at radius 1 is 1.31 bits per heavy atom. The molecule has 1 nitrogen and oxygen atoms in total. The van der Waals surface area contributed by atoms with Gasteiger partial charge in [0.25, 0.3) is 0 Å². The number of hydrogen-bond acceptors (Lipinski definition) is 2. The highest BCUT2D eigenvalue weighted by Gasteiger charge is 2.06. The van der Waals surface area contributed by atoms with Gasteiger partial charge in [-0.05, 0) is 18.4 Å². The van der Waals surface area contributed by atoms with Crippen molar-refractivity contribution in [3.63, 3.8) is 0 Å². The van der Waals surface area contributed by atoms with Crippen LogP contribution in [0.4, 0.5) is 0 Å². The van der Waals surface area contributed by atoms with Crippen LogP contribution >= 0.6 is 12.6 Å². The highest BCUT2D eigenvalue weighted by molar-refractivity contribution is 7.80. The van der Waals surface area contributed by atoms with Crippen LogP contribution in [0.15, 0.2) is 30.3 Å². The van der Waals surface area contributed by atoms with Gasteiger partial charge in [0.2, 0.25) is 0 Å². The fourth-order valence-electron chi connectivity index (χ4n) is 1.44. The number of thiol groups is 1. The third kappa shape index (κ3) is 4.34. The van der Waals surface area contributed by atoms with Gasteiger partial charge in [-0.25, -0.2) is 0 Å². The van der Waals surface area contributed by atoms with Crippen LogP contribution in [0.25, 0.3) is 0 Å². The monoisotopic (exact) mass is 195 g/mol. The average Bonchev–Trinajstić information content (AvgIpc) is 2.04. The lowest BCUT2D eigenvalue weighted by Crippen LogP contribution is -2.25. The van der Waals surface area contributed by atoms with Crippen LogP contribution in [-0.2, 0) is 6.42 Å². The lowest BCUT2D eigenvalue weighted by molar-refractivity contribution is 0.610. The van der Waals surface area contributed by atoms with Crippen molar-refractivity contribution in [1.29, 1.82) is 0 Å². The van der Waals surface area contributed by atoms with Gasteiger partial charge in [-0.15, -0.1) is 0 Å². The van der Waals surface area contributed by atoms with Gasteiger partial charge < -0.3 is 5.73 Å². The molecule has 1 aromatic carbocycles. The van der Waals surface area contributed by atoms with Gasteiger partial charge in [-0.1, -0.05) is 37.3 Å². The summed E-state index contributed by atoms with van der Waals surface area (Å²) in [6.07, 6.45) is 1.92. The summed E-state index contributed by atoms with van der Waals surface area (Å²) in [5, 5.41) is 0.388. The first-order valence-corrected chi connectivity index (χ1v) is 5.17. The maximum Gasteiger partial charge on any atom is 0.00896 e. The zero-order valence-electron chi connectivity index (χ0n) is 7.98. The normalized spacial score (nSPS) is 15.3. The van der Waals surface area contributed by atoms with Crippen LogP contribution in [0.5, 0.6) is 0 Å². The van der Waals surface area contributed by atoms with E-state index >= 15 is 0 Å². The molecule has 1 rings (SSSR count). The largest absolute Gasteiger partial charge is 0.327 e. The Bertz CT molecular complexity index is 233. The maximum absolute atomic E-state index is 5.96. The zero-order valence-corrected chi connectivity index (χ0v) is 8.87. The smallest absolute Gasteiger partial charge is 0.00896 e. The lowest BCUT2D eigenvalue weighted by atomic mass is 10.0. The third-order valence-corrected chi connectivity index (χ3v) is 2.20. The number of benzene rings is 1. The lowest BCUT2D eigenvalue weighted by Gasteiger charge is -2.13. The number of rotatable bonds is 4. The average molecular weight is 195 g/mol. The van der Waals surface area contributed by atoms with Crippen LogP contribution in [0.3, 0.4) is 0 Å². The van der Waals surface area contributed by atoms with E-state index < -0.39 is 0 Å². The Hall–Kier alpha value is -0.470. The molecule has 2 atom stereocenters. The second-order valence-corrected chi connectivity index (χ2v) is 4.42. The van der Waals surface area contributed by atoms with Gasteiger partial charge >= 0.3 is 0 Å². The van der Waals surface area contributed by atoms with E-state index in [4.69, 9.17) is 5.73 Å². The van der Waals surface area contributed by atoms with E-state index in [9.17, 15) is 0 Å². The summed E-state index contributed by atoms with van der Waals surface area (Å²) in [5.41, 5.74) is 7.27. The minimum Gasteiger partial charge on any atom is -0.327 e. The summed E-state index contributed by atoms with van der Waals surface area (Å²) in [7, 11) is 0. The molecule has 0 amide bonds. The van der Waals surface area contributed by atoms with Crippen molar-refractivity contribution in [2.75, 3.05) is 0 Å². The molecule has 72 valence electrons. The van der Waals surface area contributed by atoms with Gasteiger partial charge in [0.05, 0.1) is 0 Å². The third-order valence-electron chi connectivity index (χ3n) is 1.98. The quantitative estimate of drug-likeness (QED) is 0.708. The fourth-order valence-corrected chi connectivity index (χ4v) is 1.71. The molecule has 2 N–H and O–H groups in total. The Morgan fingerprint density at radius 3 is 2.46 bits per heavy atom. The zero-order chi connectivity index (χ0) is 9.68. The molecule has 1 unspecified atom stereocenters. The fraction of sp³-hybridized carbons (Fsp3) is 0.455.